The highest BCUT2D eigenvalue weighted by molar-refractivity contribution is 6.38. The number of unbranched alkanes of at least 4 members (excludes halogenated alkanes) is 1. The summed E-state index contributed by atoms with van der Waals surface area (Å²) in [6.45, 7) is 9.17. The van der Waals surface area contributed by atoms with Gasteiger partial charge < -0.3 is 37.0 Å². The van der Waals surface area contributed by atoms with Gasteiger partial charge in [0, 0.05) is 25.8 Å². The number of fused-ring (bicyclic) bond motifs is 1. The van der Waals surface area contributed by atoms with E-state index in [2.05, 4.69) is 31.6 Å². The predicted octanol–water partition coefficient (Wildman–Crippen LogP) is 2.42. The summed E-state index contributed by atoms with van der Waals surface area (Å²) < 4.78 is 0. The van der Waals surface area contributed by atoms with Gasteiger partial charge in [-0.1, -0.05) is 83.0 Å². The van der Waals surface area contributed by atoms with Gasteiger partial charge in [0.1, 0.15) is 30.0 Å². The highest BCUT2D eigenvalue weighted by atomic mass is 16.4. The van der Waals surface area contributed by atoms with E-state index in [1.807, 2.05) is 0 Å². The normalized spacial score (nSPS) is 20.0. The first-order valence-electron chi connectivity index (χ1n) is 19.6. The molecule has 1 saturated heterocycles. The van der Waals surface area contributed by atoms with Crippen molar-refractivity contribution in [3.63, 3.8) is 0 Å². The summed E-state index contributed by atoms with van der Waals surface area (Å²) >= 11 is 0. The monoisotopic (exact) mass is 781 g/mol. The number of likely N-dealkylation sites (tertiary alicyclic amines) is 1. The van der Waals surface area contributed by atoms with Gasteiger partial charge in [-0.05, 0) is 61.3 Å². The van der Waals surface area contributed by atoms with Crippen LogP contribution in [0.5, 0.6) is 0 Å². The van der Waals surface area contributed by atoms with Gasteiger partial charge >= 0.3 is 5.97 Å². The number of aliphatic carboxylic acids is 1. The third-order valence-electron chi connectivity index (χ3n) is 10.5. The largest absolute Gasteiger partial charge is 0.480 e. The smallest absolute Gasteiger partial charge is 0.326 e. The van der Waals surface area contributed by atoms with Crippen LogP contribution in [0.3, 0.4) is 0 Å². The van der Waals surface area contributed by atoms with Crippen molar-refractivity contribution in [3.8, 4) is 0 Å². The molecule has 1 aliphatic heterocycles. The van der Waals surface area contributed by atoms with Crippen LogP contribution in [0.25, 0.3) is 0 Å². The van der Waals surface area contributed by atoms with Crippen LogP contribution in [0.1, 0.15) is 98.0 Å². The van der Waals surface area contributed by atoms with Crippen LogP contribution in [-0.2, 0) is 40.0 Å². The average molecular weight is 782 g/mol. The van der Waals surface area contributed by atoms with Crippen LogP contribution in [-0.4, -0.2) is 93.9 Å². The topological polar surface area (TPSA) is 266 Å². The number of nitrogens with two attached hydrogens (primary N) is 1. The lowest BCUT2D eigenvalue weighted by Crippen LogP contribution is -2.60. The second-order valence-corrected chi connectivity index (χ2v) is 15.5. The molecule has 5 amide bonds. The molecule has 1 aromatic carbocycles. The summed E-state index contributed by atoms with van der Waals surface area (Å²) in [5.41, 5.74) is 13.0. The molecular formula is C39H59N9O8. The van der Waals surface area contributed by atoms with E-state index in [1.54, 1.807) is 65.0 Å². The number of nitrogens with zero attached hydrogens (tertiary/aromatic N) is 3. The lowest BCUT2D eigenvalue weighted by atomic mass is 9.92. The molecule has 2 fully saturated rings. The maximum absolute atomic E-state index is 14.4. The number of Topliss-reactive ketones (excluding diaryl/α,β-unsaturated/α-hetero) is 1. The first kappa shape index (κ1) is 45.2. The van der Waals surface area contributed by atoms with E-state index in [9.17, 15) is 38.7 Å². The van der Waals surface area contributed by atoms with Crippen LogP contribution in [0.2, 0.25) is 0 Å². The van der Waals surface area contributed by atoms with Gasteiger partial charge in [-0.2, -0.15) is 5.53 Å². The number of carbonyl (C=O) groups is 7. The molecule has 17 nitrogen and oxygen atoms in total. The van der Waals surface area contributed by atoms with Crippen LogP contribution in [0.4, 0.5) is 0 Å². The number of hydrogen-bond acceptors (Lipinski definition) is 9. The van der Waals surface area contributed by atoms with Gasteiger partial charge in [0.25, 0.3) is 5.91 Å². The molecular weight excluding hydrogens is 722 g/mol. The van der Waals surface area contributed by atoms with Crippen molar-refractivity contribution >= 4 is 47.1 Å². The Morgan fingerprint density at radius 1 is 0.893 bits per heavy atom. The highest BCUT2D eigenvalue weighted by Crippen LogP contribution is 2.42. The average Bonchev–Trinajstić information content (AvgIpc) is 3.75. The second kappa shape index (κ2) is 21.8. The first-order chi connectivity index (χ1) is 26.6. The van der Waals surface area contributed by atoms with Crippen LogP contribution >= 0.6 is 0 Å². The fourth-order valence-electron chi connectivity index (χ4n) is 7.54. The van der Waals surface area contributed by atoms with Crippen molar-refractivity contribution < 1.29 is 38.7 Å². The number of carboxylic acid groups (broad SMARTS) is 1. The molecule has 1 saturated carbocycles. The second-order valence-electron chi connectivity index (χ2n) is 15.5. The molecule has 0 radical (unpaired) electrons. The predicted molar refractivity (Wildman–Crippen MR) is 207 cm³/mol. The molecule has 7 atom stereocenters. The number of carboxylic acids is 1. The Balaban J connectivity index is 1.74. The van der Waals surface area contributed by atoms with Crippen molar-refractivity contribution in [1.82, 2.24) is 26.2 Å². The molecule has 0 aromatic heterocycles. The summed E-state index contributed by atoms with van der Waals surface area (Å²) in [6.07, 6.45) is 4.33. The van der Waals surface area contributed by atoms with Crippen LogP contribution in [0, 0.1) is 29.2 Å². The molecule has 1 unspecified atom stereocenters. The molecule has 308 valence electrons. The Morgan fingerprint density at radius 2 is 1.55 bits per heavy atom. The molecule has 17 heteroatoms. The summed E-state index contributed by atoms with van der Waals surface area (Å²) in [6, 6.07) is 3.12. The third kappa shape index (κ3) is 12.7. The summed E-state index contributed by atoms with van der Waals surface area (Å²) in [5, 5.41) is 26.8. The molecule has 8 N–H and O–H groups in total. The SMILES string of the molecule is CCCC(NC(=O)[C@@H]1[C@H]2CCC[C@H]2CN1C(=O)[C@@H](NC(=O)[C@H](NC(=O)CCCC/C(N)=N/N=N)C(C)C)C(C)C)C(=O)C(=O)N[C@H](Cc1ccccc1)C(=O)O. The van der Waals surface area contributed by atoms with E-state index >= 15 is 0 Å². The number of amides is 5. The zero-order valence-electron chi connectivity index (χ0n) is 33.1. The van der Waals surface area contributed by atoms with Crippen molar-refractivity contribution in [2.45, 2.75) is 129 Å². The van der Waals surface area contributed by atoms with E-state index in [-0.39, 0.29) is 55.3 Å². The Bertz CT molecular complexity index is 1600. The molecule has 1 aliphatic carbocycles. The fraction of sp³-hybridized carbons (Fsp3) is 0.641. The van der Waals surface area contributed by atoms with Crippen molar-refractivity contribution in [2.24, 2.45) is 39.7 Å². The molecule has 0 bridgehead atoms. The van der Waals surface area contributed by atoms with Crippen LogP contribution < -0.4 is 27.0 Å². The van der Waals surface area contributed by atoms with E-state index in [0.29, 0.717) is 37.7 Å². The summed E-state index contributed by atoms with van der Waals surface area (Å²) in [4.78, 5) is 95.1. The number of nitrogens with one attached hydrogen (secondary N) is 5. The number of hydrogen-bond donors (Lipinski definition) is 7. The van der Waals surface area contributed by atoms with Crippen molar-refractivity contribution in [3.05, 3.63) is 35.9 Å². The quantitative estimate of drug-likeness (QED) is 0.0227. The van der Waals surface area contributed by atoms with Gasteiger partial charge in [0.05, 0.1) is 6.04 Å². The number of rotatable bonds is 22. The van der Waals surface area contributed by atoms with Gasteiger partial charge in [0.15, 0.2) is 0 Å². The molecule has 56 heavy (non-hydrogen) atoms. The number of benzene rings is 1. The maximum Gasteiger partial charge on any atom is 0.326 e. The number of amidine groups is 1. The minimum atomic E-state index is -1.37. The molecule has 2 aliphatic rings. The van der Waals surface area contributed by atoms with E-state index in [4.69, 9.17) is 11.3 Å². The summed E-state index contributed by atoms with van der Waals surface area (Å²) in [5.74, 6) is -6.05. The molecule has 0 spiro atoms. The zero-order chi connectivity index (χ0) is 41.5. The van der Waals surface area contributed by atoms with Crippen molar-refractivity contribution in [2.75, 3.05) is 6.54 Å². The Kier molecular flexibility index (Phi) is 17.6. The summed E-state index contributed by atoms with van der Waals surface area (Å²) in [7, 11) is 0. The van der Waals surface area contributed by atoms with Gasteiger partial charge in [-0.3, -0.25) is 28.8 Å². The minimum absolute atomic E-state index is 0.0295. The molecule has 1 aromatic rings. The Labute approximate surface area is 328 Å². The third-order valence-corrected chi connectivity index (χ3v) is 10.5. The standard InChI is InChI=1S/C39H59N9O8/c1-6-13-27(34(50)37(53)43-28(39(55)56)20-24-14-8-7-9-15-24)42-36(52)33-26-17-12-16-25(26)21-48(33)38(54)32(23(4)5)45-35(51)31(22(2)3)44-30(49)19-11-10-18-29(40)46-47-41/h7-9,14-15,22-23,25-28,31-33H,6,10-13,16-21H2,1-5H3,(H,42,52)(H,43,53)(H,44,49)(H,45,51)(H,55,56)(H3,40,41,46)/t25-,26-,27?,28+,31+,32-,33-/m0/s1. The van der Waals surface area contributed by atoms with Gasteiger partial charge in [-0.15, -0.1) is 5.10 Å². The minimum Gasteiger partial charge on any atom is -0.480 e. The Morgan fingerprint density at radius 3 is 2.16 bits per heavy atom. The number of ketones is 1. The van der Waals surface area contributed by atoms with E-state index in [0.717, 1.165) is 12.8 Å². The van der Waals surface area contributed by atoms with Gasteiger partial charge in [-0.25, -0.2) is 4.79 Å². The van der Waals surface area contributed by atoms with E-state index < -0.39 is 71.5 Å². The molecule has 1 heterocycles. The fourth-order valence-corrected chi connectivity index (χ4v) is 7.54. The lowest BCUT2D eigenvalue weighted by molar-refractivity contribution is -0.146. The first-order valence-corrected chi connectivity index (χ1v) is 19.6. The Hall–Kier alpha value is -5.22. The maximum atomic E-state index is 14.4. The molecule has 3 rings (SSSR count). The highest BCUT2D eigenvalue weighted by Gasteiger charge is 2.51. The zero-order valence-corrected chi connectivity index (χ0v) is 33.1. The van der Waals surface area contributed by atoms with Crippen LogP contribution in [0.15, 0.2) is 40.7 Å². The van der Waals surface area contributed by atoms with Gasteiger partial charge in [0.2, 0.25) is 29.4 Å². The lowest BCUT2D eigenvalue weighted by Gasteiger charge is -2.34. The number of carbonyl (C=O) groups excluding carboxylic acids is 6. The van der Waals surface area contributed by atoms with Crippen molar-refractivity contribution in [1.29, 1.82) is 5.53 Å². The van der Waals surface area contributed by atoms with E-state index in [1.165, 1.54) is 4.90 Å².